The van der Waals surface area contributed by atoms with Crippen LogP contribution in [0.25, 0.3) is 0 Å². The van der Waals surface area contributed by atoms with Crippen LogP contribution < -0.4 is 0 Å². The van der Waals surface area contributed by atoms with Gasteiger partial charge >= 0.3 is 5.97 Å². The van der Waals surface area contributed by atoms with Gasteiger partial charge in [0.2, 0.25) is 0 Å². The average Bonchev–Trinajstić information content (AvgIpc) is 2.59. The molecule has 2 unspecified atom stereocenters. The van der Waals surface area contributed by atoms with Crippen LogP contribution in [0.5, 0.6) is 0 Å². The van der Waals surface area contributed by atoms with Gasteiger partial charge in [0.15, 0.2) is 0 Å². The van der Waals surface area contributed by atoms with Gasteiger partial charge in [-0.1, -0.05) is 46.5 Å². The smallest absolute Gasteiger partial charge is 0.308 e. The lowest BCUT2D eigenvalue weighted by atomic mass is 9.41. The maximum Gasteiger partial charge on any atom is 0.308 e. The molecule has 3 fully saturated rings. The first-order valence-corrected chi connectivity index (χ1v) is 10.1. The Morgan fingerprint density at radius 1 is 1.13 bits per heavy atom. The molecule has 0 saturated heterocycles. The van der Waals surface area contributed by atoms with Crippen LogP contribution in [0.4, 0.5) is 0 Å². The van der Waals surface area contributed by atoms with Crippen molar-refractivity contribution in [3.8, 4) is 0 Å². The molecule has 3 rings (SSSR count). The van der Waals surface area contributed by atoms with Gasteiger partial charge in [-0.3, -0.25) is 4.79 Å². The second-order valence-corrected chi connectivity index (χ2v) is 9.00. The highest BCUT2D eigenvalue weighted by atomic mass is 16.5. The summed E-state index contributed by atoms with van der Waals surface area (Å²) in [6.45, 7) is 7.33. The van der Waals surface area contributed by atoms with E-state index in [1.54, 1.807) is 7.11 Å². The Labute approximate surface area is 142 Å². The average molecular weight is 321 g/mol. The quantitative estimate of drug-likeness (QED) is 0.633. The Hall–Kier alpha value is -0.530. The Bertz CT molecular complexity index is 445. The molecule has 0 aromatic rings. The minimum atomic E-state index is 0.0622. The number of fused-ring (bicyclic) bond motifs is 3. The Morgan fingerprint density at radius 3 is 2.57 bits per heavy atom. The predicted octanol–water partition coefficient (Wildman–Crippen LogP) is 5.60. The monoisotopic (exact) mass is 320 g/mol. The number of hydrogen-bond donors (Lipinski definition) is 0. The fourth-order valence-corrected chi connectivity index (χ4v) is 7.14. The van der Waals surface area contributed by atoms with Crippen molar-refractivity contribution in [2.45, 2.75) is 85.0 Å². The standard InChI is InChI=1S/C21H36O2/c1-5-15-9-10-18-20(3)12-7-8-16(19(22)23-4)17(20)11-13-21(18,6-2)14-15/h15-18H,5-14H2,1-4H3/t15-,16+,17?,18?,20-,21-/m0/s1. The van der Waals surface area contributed by atoms with Crippen molar-refractivity contribution in [2.24, 2.45) is 34.5 Å². The van der Waals surface area contributed by atoms with Crippen molar-refractivity contribution in [1.29, 1.82) is 0 Å². The second-order valence-electron chi connectivity index (χ2n) is 9.00. The molecule has 132 valence electrons. The van der Waals surface area contributed by atoms with E-state index in [1.807, 2.05) is 0 Å². The van der Waals surface area contributed by atoms with E-state index in [1.165, 1.54) is 57.8 Å². The van der Waals surface area contributed by atoms with Crippen LogP contribution in [0, 0.1) is 34.5 Å². The van der Waals surface area contributed by atoms with Crippen molar-refractivity contribution in [1.82, 2.24) is 0 Å². The number of rotatable bonds is 3. The van der Waals surface area contributed by atoms with Crippen LogP contribution in [-0.2, 0) is 9.53 Å². The lowest BCUT2D eigenvalue weighted by Crippen LogP contribution is -2.56. The predicted molar refractivity (Wildman–Crippen MR) is 94.0 cm³/mol. The summed E-state index contributed by atoms with van der Waals surface area (Å²) in [6, 6.07) is 0. The molecule has 0 amide bonds. The molecule has 0 aliphatic heterocycles. The summed E-state index contributed by atoms with van der Waals surface area (Å²) >= 11 is 0. The summed E-state index contributed by atoms with van der Waals surface area (Å²) in [5, 5.41) is 0. The zero-order valence-electron chi connectivity index (χ0n) is 15.7. The Morgan fingerprint density at radius 2 is 1.91 bits per heavy atom. The summed E-state index contributed by atoms with van der Waals surface area (Å²) in [7, 11) is 1.57. The molecule has 0 N–H and O–H groups in total. The van der Waals surface area contributed by atoms with Crippen molar-refractivity contribution >= 4 is 5.97 Å². The molecule has 3 aliphatic rings. The third-order valence-corrected chi connectivity index (χ3v) is 8.40. The van der Waals surface area contributed by atoms with Gasteiger partial charge in [0, 0.05) is 0 Å². The number of ether oxygens (including phenoxy) is 1. The summed E-state index contributed by atoms with van der Waals surface area (Å²) in [5.74, 6) is 2.55. The molecule has 0 bridgehead atoms. The molecule has 0 heterocycles. The molecule has 0 aromatic carbocycles. The number of carbonyl (C=O) groups is 1. The van der Waals surface area contributed by atoms with Crippen LogP contribution in [0.2, 0.25) is 0 Å². The highest BCUT2D eigenvalue weighted by molar-refractivity contribution is 5.73. The molecule has 0 radical (unpaired) electrons. The maximum atomic E-state index is 12.3. The summed E-state index contributed by atoms with van der Waals surface area (Å²) < 4.78 is 5.17. The normalized spacial score (nSPS) is 46.6. The molecule has 0 spiro atoms. The summed E-state index contributed by atoms with van der Waals surface area (Å²) in [5.41, 5.74) is 0.923. The largest absolute Gasteiger partial charge is 0.469 e. The first-order valence-electron chi connectivity index (χ1n) is 10.1. The molecule has 0 aromatic heterocycles. The first-order chi connectivity index (χ1) is 11.0. The molecular formula is C21H36O2. The highest BCUT2D eigenvalue weighted by Crippen LogP contribution is 2.66. The molecule has 3 saturated carbocycles. The van der Waals surface area contributed by atoms with Crippen molar-refractivity contribution in [3.05, 3.63) is 0 Å². The van der Waals surface area contributed by atoms with Gasteiger partial charge in [0.05, 0.1) is 13.0 Å². The van der Waals surface area contributed by atoms with Gasteiger partial charge in [0.1, 0.15) is 0 Å². The fraction of sp³-hybridized carbons (Fsp3) is 0.952. The van der Waals surface area contributed by atoms with Crippen molar-refractivity contribution in [2.75, 3.05) is 7.11 Å². The summed E-state index contributed by atoms with van der Waals surface area (Å²) in [4.78, 5) is 12.3. The number of hydrogen-bond acceptors (Lipinski definition) is 2. The molecule has 2 heteroatoms. The second kappa shape index (κ2) is 6.41. The van der Waals surface area contributed by atoms with Crippen LogP contribution in [0.15, 0.2) is 0 Å². The minimum absolute atomic E-state index is 0.0622. The zero-order chi connectivity index (χ0) is 16.7. The first kappa shape index (κ1) is 17.3. The van der Waals surface area contributed by atoms with E-state index < -0.39 is 0 Å². The zero-order valence-corrected chi connectivity index (χ0v) is 15.7. The molecule has 6 atom stereocenters. The third kappa shape index (κ3) is 2.65. The topological polar surface area (TPSA) is 26.3 Å². The van der Waals surface area contributed by atoms with E-state index >= 15 is 0 Å². The van der Waals surface area contributed by atoms with E-state index in [0.717, 1.165) is 18.3 Å². The number of methoxy groups -OCH3 is 1. The van der Waals surface area contributed by atoms with E-state index in [-0.39, 0.29) is 11.9 Å². The van der Waals surface area contributed by atoms with Gasteiger partial charge in [-0.2, -0.15) is 0 Å². The summed E-state index contributed by atoms with van der Waals surface area (Å²) in [6.07, 6.45) is 13.1. The molecular weight excluding hydrogens is 284 g/mol. The highest BCUT2D eigenvalue weighted by Gasteiger charge is 2.59. The maximum absolute atomic E-state index is 12.3. The van der Waals surface area contributed by atoms with Gasteiger partial charge in [-0.25, -0.2) is 0 Å². The van der Waals surface area contributed by atoms with E-state index in [4.69, 9.17) is 4.74 Å². The van der Waals surface area contributed by atoms with Crippen molar-refractivity contribution in [3.63, 3.8) is 0 Å². The van der Waals surface area contributed by atoms with E-state index in [2.05, 4.69) is 20.8 Å². The lowest BCUT2D eigenvalue weighted by Gasteiger charge is -2.63. The van der Waals surface area contributed by atoms with Gasteiger partial charge < -0.3 is 4.74 Å². The van der Waals surface area contributed by atoms with Crippen LogP contribution >= 0.6 is 0 Å². The Kier molecular flexibility index (Phi) is 4.82. The van der Waals surface area contributed by atoms with Gasteiger partial charge in [0.25, 0.3) is 0 Å². The number of esters is 1. The van der Waals surface area contributed by atoms with Crippen LogP contribution in [-0.4, -0.2) is 13.1 Å². The fourth-order valence-electron chi connectivity index (χ4n) is 7.14. The minimum Gasteiger partial charge on any atom is -0.469 e. The SMILES string of the molecule is CC[C@H]1CCC2[C@@](CC)(CCC3[C@H](C(=O)OC)CCC[C@@]32C)C1. The van der Waals surface area contributed by atoms with E-state index in [9.17, 15) is 4.79 Å². The van der Waals surface area contributed by atoms with Crippen LogP contribution in [0.3, 0.4) is 0 Å². The number of carbonyl (C=O) groups excluding carboxylic acids is 1. The molecule has 3 aliphatic carbocycles. The van der Waals surface area contributed by atoms with Crippen LogP contribution in [0.1, 0.15) is 85.0 Å². The van der Waals surface area contributed by atoms with Gasteiger partial charge in [-0.05, 0) is 67.1 Å². The third-order valence-electron chi connectivity index (χ3n) is 8.40. The molecule has 2 nitrogen and oxygen atoms in total. The van der Waals surface area contributed by atoms with Gasteiger partial charge in [-0.15, -0.1) is 0 Å². The molecule has 23 heavy (non-hydrogen) atoms. The van der Waals surface area contributed by atoms with Crippen molar-refractivity contribution < 1.29 is 9.53 Å². The Balaban J connectivity index is 1.91. The van der Waals surface area contributed by atoms with E-state index in [0.29, 0.717) is 16.7 Å². The lowest BCUT2D eigenvalue weighted by molar-refractivity contribution is -0.170.